The molecule has 0 radical (unpaired) electrons. The molecule has 0 aliphatic rings. The van der Waals surface area contributed by atoms with E-state index in [0.717, 1.165) is 0 Å². The van der Waals surface area contributed by atoms with Crippen LogP contribution in [0.5, 0.6) is 17.2 Å². The van der Waals surface area contributed by atoms with Crippen molar-refractivity contribution >= 4 is 52.9 Å². The number of nitrogens with one attached hydrogen (secondary N) is 2. The Bertz CT molecular complexity index is 1280. The van der Waals surface area contributed by atoms with Crippen LogP contribution in [0.15, 0.2) is 65.8 Å². The first-order valence-electron chi connectivity index (χ1n) is 9.94. The standard InChI is InChI=1S/C24H19Cl2N3O6/c1-33-19-10-8-17(26)12-18(19)28-22(30)23(31)29-27-13-14-3-9-20(21(11-14)34-2)35-24(32)15-4-6-16(25)7-5-15/h3-13H,1-2H3,(H,28,30)(H,29,31). The number of hydrogen-bond donors (Lipinski definition) is 2. The van der Waals surface area contributed by atoms with Gasteiger partial charge in [-0.05, 0) is 66.2 Å². The van der Waals surface area contributed by atoms with Crippen LogP contribution in [0.3, 0.4) is 0 Å². The number of carbonyl (C=O) groups is 3. The minimum absolute atomic E-state index is 0.184. The molecule has 35 heavy (non-hydrogen) atoms. The van der Waals surface area contributed by atoms with Crippen LogP contribution < -0.4 is 25.0 Å². The molecule has 0 spiro atoms. The fraction of sp³-hybridized carbons (Fsp3) is 0.0833. The lowest BCUT2D eigenvalue weighted by Crippen LogP contribution is -2.32. The lowest BCUT2D eigenvalue weighted by molar-refractivity contribution is -0.136. The molecule has 0 saturated carbocycles. The molecule has 0 fully saturated rings. The van der Waals surface area contributed by atoms with Gasteiger partial charge in [-0.15, -0.1) is 0 Å². The van der Waals surface area contributed by atoms with Crippen molar-refractivity contribution in [3.05, 3.63) is 81.8 Å². The van der Waals surface area contributed by atoms with Crippen molar-refractivity contribution in [3.63, 3.8) is 0 Å². The van der Waals surface area contributed by atoms with Gasteiger partial charge in [0, 0.05) is 10.0 Å². The Kier molecular flexibility index (Phi) is 8.66. The molecule has 2 amide bonds. The second-order valence-electron chi connectivity index (χ2n) is 6.80. The zero-order valence-corrected chi connectivity index (χ0v) is 20.0. The van der Waals surface area contributed by atoms with Crippen molar-refractivity contribution in [3.8, 4) is 17.2 Å². The van der Waals surface area contributed by atoms with E-state index >= 15 is 0 Å². The summed E-state index contributed by atoms with van der Waals surface area (Å²) in [6.45, 7) is 0. The SMILES string of the molecule is COc1ccc(Cl)cc1NC(=O)C(=O)NN=Cc1ccc(OC(=O)c2ccc(Cl)cc2)c(OC)c1. The smallest absolute Gasteiger partial charge is 0.343 e. The quantitative estimate of drug-likeness (QED) is 0.159. The van der Waals surface area contributed by atoms with Crippen molar-refractivity contribution in [2.45, 2.75) is 0 Å². The van der Waals surface area contributed by atoms with Gasteiger partial charge < -0.3 is 19.5 Å². The number of ether oxygens (including phenoxy) is 3. The molecule has 3 aromatic rings. The largest absolute Gasteiger partial charge is 0.495 e. The molecule has 9 nitrogen and oxygen atoms in total. The minimum atomic E-state index is -1.01. The third kappa shape index (κ3) is 6.95. The highest BCUT2D eigenvalue weighted by atomic mass is 35.5. The summed E-state index contributed by atoms with van der Waals surface area (Å²) in [6.07, 6.45) is 1.29. The van der Waals surface area contributed by atoms with Gasteiger partial charge in [0.25, 0.3) is 0 Å². The summed E-state index contributed by atoms with van der Waals surface area (Å²) in [5.74, 6) is -1.79. The van der Waals surface area contributed by atoms with E-state index < -0.39 is 17.8 Å². The lowest BCUT2D eigenvalue weighted by atomic mass is 10.2. The predicted octanol–water partition coefficient (Wildman–Crippen LogP) is 4.32. The maximum Gasteiger partial charge on any atom is 0.343 e. The Labute approximate surface area is 210 Å². The predicted molar refractivity (Wildman–Crippen MR) is 132 cm³/mol. The third-order valence-electron chi connectivity index (χ3n) is 4.47. The van der Waals surface area contributed by atoms with Crippen molar-refractivity contribution < 1.29 is 28.6 Å². The highest BCUT2D eigenvalue weighted by Crippen LogP contribution is 2.29. The number of hydrazone groups is 1. The summed E-state index contributed by atoms with van der Waals surface area (Å²) in [5.41, 5.74) is 3.18. The Hall–Kier alpha value is -4.08. The van der Waals surface area contributed by atoms with Gasteiger partial charge in [-0.2, -0.15) is 5.10 Å². The molecule has 0 atom stereocenters. The van der Waals surface area contributed by atoms with E-state index in [2.05, 4.69) is 15.8 Å². The van der Waals surface area contributed by atoms with E-state index in [-0.39, 0.29) is 17.2 Å². The van der Waals surface area contributed by atoms with Gasteiger partial charge in [0.05, 0.1) is 31.7 Å². The number of rotatable bonds is 7. The third-order valence-corrected chi connectivity index (χ3v) is 4.95. The topological polar surface area (TPSA) is 115 Å². The van der Waals surface area contributed by atoms with Gasteiger partial charge in [0.15, 0.2) is 11.5 Å². The van der Waals surface area contributed by atoms with Crippen LogP contribution in [0.1, 0.15) is 15.9 Å². The van der Waals surface area contributed by atoms with Crippen LogP contribution in [0.25, 0.3) is 0 Å². The van der Waals surface area contributed by atoms with Gasteiger partial charge in [-0.3, -0.25) is 9.59 Å². The molecule has 2 N–H and O–H groups in total. The van der Waals surface area contributed by atoms with Gasteiger partial charge in [-0.25, -0.2) is 10.2 Å². The number of amides is 2. The maximum atomic E-state index is 12.3. The number of methoxy groups -OCH3 is 2. The highest BCUT2D eigenvalue weighted by molar-refractivity contribution is 6.40. The molecule has 180 valence electrons. The molecular formula is C24H19Cl2N3O6. The van der Waals surface area contributed by atoms with Crippen LogP contribution >= 0.6 is 23.2 Å². The first kappa shape index (κ1) is 25.5. The van der Waals surface area contributed by atoms with E-state index in [0.29, 0.717) is 26.9 Å². The van der Waals surface area contributed by atoms with Gasteiger partial charge in [0.2, 0.25) is 0 Å². The van der Waals surface area contributed by atoms with Gasteiger partial charge >= 0.3 is 17.8 Å². The zero-order chi connectivity index (χ0) is 25.4. The molecular weight excluding hydrogens is 497 g/mol. The van der Waals surface area contributed by atoms with Gasteiger partial charge in [-0.1, -0.05) is 23.2 Å². The summed E-state index contributed by atoms with van der Waals surface area (Å²) in [4.78, 5) is 36.6. The van der Waals surface area contributed by atoms with Crippen LogP contribution in [0, 0.1) is 0 Å². The highest BCUT2D eigenvalue weighted by Gasteiger charge is 2.16. The summed E-state index contributed by atoms with van der Waals surface area (Å²) in [5, 5.41) is 7.02. The first-order chi connectivity index (χ1) is 16.8. The van der Waals surface area contributed by atoms with Gasteiger partial charge in [0.1, 0.15) is 5.75 Å². The Balaban J connectivity index is 1.62. The molecule has 0 aliphatic carbocycles. The minimum Gasteiger partial charge on any atom is -0.495 e. The summed E-state index contributed by atoms with van der Waals surface area (Å²) < 4.78 is 15.8. The Morgan fingerprint density at radius 3 is 2.14 bits per heavy atom. The fourth-order valence-corrected chi connectivity index (χ4v) is 3.06. The second-order valence-corrected chi connectivity index (χ2v) is 7.68. The molecule has 0 unspecified atom stereocenters. The monoisotopic (exact) mass is 515 g/mol. The molecule has 0 heterocycles. The fourth-order valence-electron chi connectivity index (χ4n) is 2.77. The van der Waals surface area contributed by atoms with Crippen molar-refractivity contribution in [2.75, 3.05) is 19.5 Å². The molecule has 0 aliphatic heterocycles. The number of hydrogen-bond acceptors (Lipinski definition) is 7. The van der Waals surface area contributed by atoms with Crippen molar-refractivity contribution in [1.82, 2.24) is 5.43 Å². The van der Waals surface area contributed by atoms with Crippen molar-refractivity contribution in [1.29, 1.82) is 0 Å². The Morgan fingerprint density at radius 2 is 1.46 bits per heavy atom. The molecule has 0 aromatic heterocycles. The average Bonchev–Trinajstić information content (AvgIpc) is 2.85. The van der Waals surface area contributed by atoms with E-state index in [9.17, 15) is 14.4 Å². The van der Waals surface area contributed by atoms with E-state index in [1.54, 1.807) is 42.5 Å². The normalized spacial score (nSPS) is 10.5. The first-order valence-corrected chi connectivity index (χ1v) is 10.7. The number of carbonyl (C=O) groups excluding carboxylic acids is 3. The second kappa shape index (κ2) is 11.9. The molecule has 0 saturated heterocycles. The molecule has 3 aromatic carbocycles. The number of benzene rings is 3. The number of esters is 1. The molecule has 0 bridgehead atoms. The number of nitrogens with zero attached hydrogens (tertiary/aromatic N) is 1. The summed E-state index contributed by atoms with van der Waals surface area (Å²) in [6, 6.07) is 15.5. The molecule has 3 rings (SSSR count). The zero-order valence-electron chi connectivity index (χ0n) is 18.5. The van der Waals surface area contributed by atoms with Crippen LogP contribution in [0.4, 0.5) is 5.69 Å². The summed E-state index contributed by atoms with van der Waals surface area (Å²) >= 11 is 11.7. The maximum absolute atomic E-state index is 12.3. The lowest BCUT2D eigenvalue weighted by Gasteiger charge is -2.10. The summed E-state index contributed by atoms with van der Waals surface area (Å²) in [7, 11) is 2.83. The number of halogens is 2. The average molecular weight is 516 g/mol. The van der Waals surface area contributed by atoms with Crippen LogP contribution in [-0.4, -0.2) is 38.2 Å². The van der Waals surface area contributed by atoms with Crippen molar-refractivity contribution in [2.24, 2.45) is 5.10 Å². The van der Waals surface area contributed by atoms with Crippen LogP contribution in [-0.2, 0) is 9.59 Å². The Morgan fingerprint density at radius 1 is 0.800 bits per heavy atom. The number of anilines is 1. The molecule has 11 heteroatoms. The van der Waals surface area contributed by atoms with E-state index in [1.165, 1.54) is 38.6 Å². The van der Waals surface area contributed by atoms with E-state index in [4.69, 9.17) is 37.4 Å². The van der Waals surface area contributed by atoms with Crippen LogP contribution in [0.2, 0.25) is 10.0 Å². The van der Waals surface area contributed by atoms with E-state index in [1.807, 2.05) is 0 Å².